The van der Waals surface area contributed by atoms with E-state index in [1.807, 2.05) is 49.0 Å². The van der Waals surface area contributed by atoms with Crippen molar-refractivity contribution in [3.8, 4) is 6.07 Å². The zero-order chi connectivity index (χ0) is 14.8. The van der Waals surface area contributed by atoms with Crippen molar-refractivity contribution >= 4 is 11.8 Å². The maximum Gasteiger partial charge on any atom is 0.133 e. The van der Waals surface area contributed by atoms with Gasteiger partial charge in [-0.2, -0.15) is 17.0 Å². The average Bonchev–Trinajstić information content (AvgIpc) is 2.47. The Balaban J connectivity index is 2.73. The number of hydrogen-bond donors (Lipinski definition) is 2. The highest BCUT2D eigenvalue weighted by molar-refractivity contribution is 7.99. The first-order chi connectivity index (χ1) is 9.68. The first kappa shape index (κ1) is 17.0. The molecule has 0 fully saturated rings. The molecule has 0 bridgehead atoms. The molecular weight excluding hydrogens is 268 g/mol. The highest BCUT2D eigenvalue weighted by Crippen LogP contribution is 2.27. The van der Waals surface area contributed by atoms with Crippen LogP contribution in [0, 0.1) is 11.3 Å². The molecule has 0 aliphatic carbocycles. The van der Waals surface area contributed by atoms with Gasteiger partial charge in [0.15, 0.2) is 0 Å². The predicted octanol–water partition coefficient (Wildman–Crippen LogP) is 2.91. The predicted molar refractivity (Wildman–Crippen MR) is 85.6 cm³/mol. The van der Waals surface area contributed by atoms with E-state index < -0.39 is 5.54 Å². The molecular formula is C16H24N2OS. The summed E-state index contributed by atoms with van der Waals surface area (Å²) >= 11 is 1.81. The van der Waals surface area contributed by atoms with Gasteiger partial charge < -0.3 is 5.11 Å². The number of benzene rings is 1. The third-order valence-corrected chi connectivity index (χ3v) is 4.60. The lowest BCUT2D eigenvalue weighted by molar-refractivity contribution is 0.289. The number of nitriles is 1. The normalized spacial score (nSPS) is 15.3. The Hall–Kier alpha value is -1.02. The van der Waals surface area contributed by atoms with E-state index in [1.54, 1.807) is 0 Å². The zero-order valence-corrected chi connectivity index (χ0v) is 13.1. The van der Waals surface area contributed by atoms with E-state index in [0.717, 1.165) is 30.7 Å². The van der Waals surface area contributed by atoms with Crippen LogP contribution in [-0.2, 0) is 5.54 Å². The van der Waals surface area contributed by atoms with E-state index in [0.29, 0.717) is 5.25 Å². The van der Waals surface area contributed by atoms with Crippen molar-refractivity contribution in [2.45, 2.75) is 37.5 Å². The molecule has 0 saturated heterocycles. The van der Waals surface area contributed by atoms with Gasteiger partial charge in [0, 0.05) is 11.9 Å². The number of nitrogens with one attached hydrogen (secondary N) is 1. The van der Waals surface area contributed by atoms with Crippen molar-refractivity contribution in [1.29, 1.82) is 5.26 Å². The minimum atomic E-state index is -0.609. The highest BCUT2D eigenvalue weighted by atomic mass is 32.2. The topological polar surface area (TPSA) is 56.0 Å². The lowest BCUT2D eigenvalue weighted by Crippen LogP contribution is -2.41. The van der Waals surface area contributed by atoms with Gasteiger partial charge in [0.05, 0.1) is 6.07 Å². The van der Waals surface area contributed by atoms with E-state index in [4.69, 9.17) is 5.11 Å². The zero-order valence-electron chi connectivity index (χ0n) is 12.3. The van der Waals surface area contributed by atoms with Crippen LogP contribution in [0.2, 0.25) is 0 Å². The Bertz CT molecular complexity index is 418. The Morgan fingerprint density at radius 3 is 2.65 bits per heavy atom. The van der Waals surface area contributed by atoms with Crippen LogP contribution in [0.15, 0.2) is 30.3 Å². The number of rotatable bonds is 9. The van der Waals surface area contributed by atoms with Crippen LogP contribution in [0.3, 0.4) is 0 Å². The van der Waals surface area contributed by atoms with Crippen molar-refractivity contribution in [1.82, 2.24) is 5.32 Å². The van der Waals surface area contributed by atoms with E-state index in [2.05, 4.69) is 18.3 Å². The Kier molecular flexibility index (Phi) is 7.68. The minimum absolute atomic E-state index is 0.226. The van der Waals surface area contributed by atoms with Crippen molar-refractivity contribution in [2.75, 3.05) is 18.9 Å². The average molecular weight is 292 g/mol. The van der Waals surface area contributed by atoms with E-state index >= 15 is 0 Å². The largest absolute Gasteiger partial charge is 0.396 e. The fraction of sp³-hybridized carbons (Fsp3) is 0.562. The number of nitrogens with zero attached hydrogens (tertiary/aromatic N) is 1. The third kappa shape index (κ3) is 4.82. The van der Waals surface area contributed by atoms with Gasteiger partial charge in [-0.1, -0.05) is 44.2 Å². The van der Waals surface area contributed by atoms with Gasteiger partial charge in [-0.15, -0.1) is 0 Å². The van der Waals surface area contributed by atoms with Crippen LogP contribution in [0.4, 0.5) is 0 Å². The van der Waals surface area contributed by atoms with Crippen molar-refractivity contribution in [3.63, 3.8) is 0 Å². The Morgan fingerprint density at radius 2 is 2.10 bits per heavy atom. The molecule has 2 unspecified atom stereocenters. The smallest absolute Gasteiger partial charge is 0.133 e. The molecule has 0 heterocycles. The Morgan fingerprint density at radius 1 is 1.40 bits per heavy atom. The molecule has 0 aromatic heterocycles. The number of aliphatic hydroxyl groups is 1. The van der Waals surface area contributed by atoms with Crippen LogP contribution in [-0.4, -0.2) is 29.3 Å². The molecule has 20 heavy (non-hydrogen) atoms. The van der Waals surface area contributed by atoms with Gasteiger partial charge >= 0.3 is 0 Å². The summed E-state index contributed by atoms with van der Waals surface area (Å²) in [7, 11) is 0. The molecule has 4 heteroatoms. The quantitative estimate of drug-likeness (QED) is 0.735. The van der Waals surface area contributed by atoms with Gasteiger partial charge in [-0.3, -0.25) is 5.32 Å². The number of aliphatic hydroxyl groups excluding tert-OH is 1. The summed E-state index contributed by atoms with van der Waals surface area (Å²) in [5, 5.41) is 22.4. The molecule has 0 radical (unpaired) electrons. The van der Waals surface area contributed by atoms with Crippen molar-refractivity contribution in [2.24, 2.45) is 0 Å². The maximum absolute atomic E-state index is 9.67. The second-order valence-corrected chi connectivity index (χ2v) is 6.40. The minimum Gasteiger partial charge on any atom is -0.396 e. The van der Waals surface area contributed by atoms with E-state index in [9.17, 15) is 5.26 Å². The maximum atomic E-state index is 9.67. The Labute approximate surface area is 126 Å². The molecule has 2 N–H and O–H groups in total. The molecule has 1 aromatic rings. The van der Waals surface area contributed by atoms with Gasteiger partial charge in [0.25, 0.3) is 0 Å². The van der Waals surface area contributed by atoms with Crippen molar-refractivity contribution in [3.05, 3.63) is 35.9 Å². The second-order valence-electron chi connectivity index (χ2n) is 4.86. The SMILES string of the molecule is CCNC(C#N)(CCSC(C)CCO)c1ccccc1. The van der Waals surface area contributed by atoms with Crippen LogP contribution < -0.4 is 5.32 Å². The fourth-order valence-corrected chi connectivity index (χ4v) is 3.30. The first-order valence-corrected chi connectivity index (χ1v) is 8.17. The molecule has 0 aliphatic rings. The summed E-state index contributed by atoms with van der Waals surface area (Å²) in [6, 6.07) is 12.4. The lowest BCUT2D eigenvalue weighted by atomic mass is 9.88. The van der Waals surface area contributed by atoms with Gasteiger partial charge in [-0.25, -0.2) is 0 Å². The molecule has 0 aliphatic heterocycles. The molecule has 0 spiro atoms. The summed E-state index contributed by atoms with van der Waals surface area (Å²) in [5.74, 6) is 0.899. The summed E-state index contributed by atoms with van der Waals surface area (Å²) in [5.41, 5.74) is 0.418. The van der Waals surface area contributed by atoms with Gasteiger partial charge in [0.1, 0.15) is 5.54 Å². The van der Waals surface area contributed by atoms with Crippen molar-refractivity contribution < 1.29 is 5.11 Å². The molecule has 1 aromatic carbocycles. The standard InChI is InChI=1S/C16H24N2OS/c1-3-18-16(13-17,15-7-5-4-6-8-15)10-12-20-14(2)9-11-19/h4-8,14,18-19H,3,9-12H2,1-2H3. The lowest BCUT2D eigenvalue weighted by Gasteiger charge is -2.28. The number of hydrogen-bond acceptors (Lipinski definition) is 4. The third-order valence-electron chi connectivity index (χ3n) is 3.35. The molecule has 3 nitrogen and oxygen atoms in total. The molecule has 0 saturated carbocycles. The van der Waals surface area contributed by atoms with E-state index in [1.165, 1.54) is 0 Å². The molecule has 0 amide bonds. The first-order valence-electron chi connectivity index (χ1n) is 7.12. The molecule has 1 rings (SSSR count). The van der Waals surface area contributed by atoms with Gasteiger partial charge in [-0.05, 0) is 30.7 Å². The van der Waals surface area contributed by atoms with Crippen LogP contribution in [0.1, 0.15) is 32.3 Å². The fourth-order valence-electron chi connectivity index (χ4n) is 2.20. The van der Waals surface area contributed by atoms with E-state index in [-0.39, 0.29) is 6.61 Å². The molecule has 110 valence electrons. The summed E-state index contributed by atoms with van der Waals surface area (Å²) in [6.07, 6.45) is 1.57. The second kappa shape index (κ2) is 9.02. The van der Waals surface area contributed by atoms with Crippen LogP contribution in [0.25, 0.3) is 0 Å². The summed E-state index contributed by atoms with van der Waals surface area (Å²) in [4.78, 5) is 0. The summed E-state index contributed by atoms with van der Waals surface area (Å²) in [6.45, 7) is 5.13. The monoisotopic (exact) mass is 292 g/mol. The highest BCUT2D eigenvalue weighted by Gasteiger charge is 2.30. The van der Waals surface area contributed by atoms with Gasteiger partial charge in [0.2, 0.25) is 0 Å². The molecule has 2 atom stereocenters. The number of thioether (sulfide) groups is 1. The summed E-state index contributed by atoms with van der Waals surface area (Å²) < 4.78 is 0. The van der Waals surface area contributed by atoms with Crippen LogP contribution >= 0.6 is 11.8 Å². The van der Waals surface area contributed by atoms with Crippen LogP contribution in [0.5, 0.6) is 0 Å².